The number of benzene rings is 3. The van der Waals surface area contributed by atoms with E-state index in [1.807, 2.05) is 19.1 Å². The molecule has 0 amide bonds. The molecule has 0 radical (unpaired) electrons. The Bertz CT molecular complexity index is 1220. The lowest BCUT2D eigenvalue weighted by Gasteiger charge is -2.17. The molecule has 0 atom stereocenters. The highest BCUT2D eigenvalue weighted by molar-refractivity contribution is 6.68. The maximum absolute atomic E-state index is 13.3. The molecule has 1 aliphatic heterocycles. The summed E-state index contributed by atoms with van der Waals surface area (Å²) in [7, 11) is 2.93. The second-order valence-electron chi connectivity index (χ2n) is 6.90. The van der Waals surface area contributed by atoms with Gasteiger partial charge in [-0.25, -0.2) is 4.79 Å². The van der Waals surface area contributed by atoms with Gasteiger partial charge in [-0.2, -0.15) is 0 Å². The molecule has 0 aliphatic carbocycles. The molecule has 8 heteroatoms. The molecule has 7 nitrogen and oxygen atoms in total. The highest BCUT2D eigenvalue weighted by Crippen LogP contribution is 2.47. The first kappa shape index (κ1) is 21.5. The van der Waals surface area contributed by atoms with Crippen LogP contribution in [0.3, 0.4) is 0 Å². The Kier molecular flexibility index (Phi) is 5.92. The zero-order chi connectivity index (χ0) is 22.8. The van der Waals surface area contributed by atoms with Gasteiger partial charge in [0.05, 0.1) is 19.8 Å². The van der Waals surface area contributed by atoms with Crippen LogP contribution in [0.2, 0.25) is 0 Å². The van der Waals surface area contributed by atoms with Crippen molar-refractivity contribution in [3.05, 3.63) is 65.2 Å². The molecule has 32 heavy (non-hydrogen) atoms. The molecule has 0 saturated heterocycles. The van der Waals surface area contributed by atoms with Crippen LogP contribution in [0.1, 0.15) is 26.3 Å². The van der Waals surface area contributed by atoms with Gasteiger partial charge in [0.25, 0.3) is 5.24 Å². The number of para-hydroxylation sites is 1. The van der Waals surface area contributed by atoms with Crippen LogP contribution in [0.15, 0.2) is 48.5 Å². The predicted molar refractivity (Wildman–Crippen MR) is 117 cm³/mol. The zero-order valence-corrected chi connectivity index (χ0v) is 18.3. The monoisotopic (exact) mass is 454 g/mol. The summed E-state index contributed by atoms with van der Waals surface area (Å²) in [5.41, 5.74) is 1.70. The number of ether oxygens (including phenoxy) is 5. The summed E-state index contributed by atoms with van der Waals surface area (Å²) < 4.78 is 27.5. The molecular weight excluding hydrogens is 436 g/mol. The molecule has 1 aliphatic rings. The number of aryl methyl sites for hydroxylation is 1. The number of carbonyl (C=O) groups is 2. The van der Waals surface area contributed by atoms with E-state index >= 15 is 0 Å². The van der Waals surface area contributed by atoms with Gasteiger partial charge in [0.2, 0.25) is 6.79 Å². The number of carbonyl (C=O) groups excluding carboxylic acids is 2. The highest BCUT2D eigenvalue weighted by Gasteiger charge is 2.29. The third-order valence-corrected chi connectivity index (χ3v) is 5.26. The van der Waals surface area contributed by atoms with Gasteiger partial charge in [0.1, 0.15) is 5.75 Å². The van der Waals surface area contributed by atoms with Crippen molar-refractivity contribution in [1.29, 1.82) is 0 Å². The van der Waals surface area contributed by atoms with Crippen LogP contribution in [0, 0.1) is 6.92 Å². The van der Waals surface area contributed by atoms with Gasteiger partial charge in [-0.15, -0.1) is 0 Å². The number of hydrogen-bond donors (Lipinski definition) is 0. The quantitative estimate of drug-likeness (QED) is 0.294. The molecule has 0 unspecified atom stereocenters. The van der Waals surface area contributed by atoms with Crippen molar-refractivity contribution >= 4 is 22.8 Å². The van der Waals surface area contributed by atoms with Gasteiger partial charge in [-0.1, -0.05) is 18.2 Å². The molecule has 4 rings (SSSR count). The van der Waals surface area contributed by atoms with Gasteiger partial charge in [-0.3, -0.25) is 4.79 Å². The Morgan fingerprint density at radius 1 is 0.906 bits per heavy atom. The number of halogens is 1. The Hall–Kier alpha value is -3.71. The maximum Gasteiger partial charge on any atom is 0.344 e. The summed E-state index contributed by atoms with van der Waals surface area (Å²) in [4.78, 5) is 25.5. The summed E-state index contributed by atoms with van der Waals surface area (Å²) >= 11 is 5.87. The molecule has 1 heterocycles. The first-order valence-corrected chi connectivity index (χ1v) is 9.99. The van der Waals surface area contributed by atoms with Crippen molar-refractivity contribution in [1.82, 2.24) is 0 Å². The van der Waals surface area contributed by atoms with E-state index in [4.69, 9.17) is 35.3 Å². The summed E-state index contributed by atoms with van der Waals surface area (Å²) in [6.07, 6.45) is 0. The van der Waals surface area contributed by atoms with Crippen molar-refractivity contribution in [2.24, 2.45) is 0 Å². The van der Waals surface area contributed by atoms with Gasteiger partial charge in [0, 0.05) is 16.7 Å². The average Bonchev–Trinajstić information content (AvgIpc) is 3.27. The van der Waals surface area contributed by atoms with Gasteiger partial charge < -0.3 is 23.7 Å². The molecular formula is C24H19ClO7. The topological polar surface area (TPSA) is 80.3 Å². The minimum atomic E-state index is -0.716. The summed E-state index contributed by atoms with van der Waals surface area (Å²) in [5.74, 6) is 1.14. The van der Waals surface area contributed by atoms with Crippen molar-refractivity contribution in [3.8, 4) is 39.9 Å². The van der Waals surface area contributed by atoms with Crippen molar-refractivity contribution in [2.45, 2.75) is 6.92 Å². The molecule has 3 aromatic rings. The number of methoxy groups -OCH3 is 2. The van der Waals surface area contributed by atoms with Crippen LogP contribution in [0.25, 0.3) is 11.1 Å². The third kappa shape index (κ3) is 3.83. The van der Waals surface area contributed by atoms with E-state index in [1.54, 1.807) is 24.3 Å². The number of esters is 1. The number of fused-ring (bicyclic) bond motifs is 1. The Morgan fingerprint density at radius 2 is 1.62 bits per heavy atom. The standard InChI is InChI=1S/C24H19ClO7/c1-13-6-4-5-7-17(13)32-24(27)16-11-20(29-3)19(28-2)10-15(16)21-14(23(25)26)8-9-18-22(21)31-12-30-18/h4-11H,12H2,1-3H3. The minimum absolute atomic E-state index is 0.0292. The van der Waals surface area contributed by atoms with E-state index < -0.39 is 11.2 Å². The van der Waals surface area contributed by atoms with E-state index in [9.17, 15) is 9.59 Å². The summed E-state index contributed by atoms with van der Waals surface area (Å²) in [5, 5.41) is -0.716. The first-order chi connectivity index (χ1) is 15.4. The third-order valence-electron chi connectivity index (χ3n) is 5.06. The summed E-state index contributed by atoms with van der Waals surface area (Å²) in [6.45, 7) is 1.80. The number of hydrogen-bond acceptors (Lipinski definition) is 7. The molecule has 3 aromatic carbocycles. The van der Waals surface area contributed by atoms with Gasteiger partial charge >= 0.3 is 5.97 Å². The normalized spacial score (nSPS) is 11.8. The first-order valence-electron chi connectivity index (χ1n) is 9.61. The SMILES string of the molecule is COc1cc(C(=O)Oc2ccccc2C)c(-c2c(C(=O)Cl)ccc3c2OCO3)cc1OC. The molecule has 0 aromatic heterocycles. The molecule has 0 N–H and O–H groups in total. The molecule has 0 fully saturated rings. The zero-order valence-electron chi connectivity index (χ0n) is 17.6. The molecule has 0 spiro atoms. The summed E-state index contributed by atoms with van der Waals surface area (Å²) in [6, 6.07) is 13.3. The minimum Gasteiger partial charge on any atom is -0.493 e. The maximum atomic E-state index is 13.3. The largest absolute Gasteiger partial charge is 0.493 e. The smallest absolute Gasteiger partial charge is 0.344 e. The van der Waals surface area contributed by atoms with Gasteiger partial charge in [0.15, 0.2) is 23.0 Å². The second-order valence-corrected chi connectivity index (χ2v) is 7.25. The average molecular weight is 455 g/mol. The van der Waals surface area contributed by atoms with Crippen LogP contribution in [-0.2, 0) is 0 Å². The van der Waals surface area contributed by atoms with E-state index in [0.717, 1.165) is 5.56 Å². The predicted octanol–water partition coefficient (Wildman–Crippen LogP) is 5.01. The van der Waals surface area contributed by atoms with Crippen LogP contribution in [0.5, 0.6) is 28.7 Å². The van der Waals surface area contributed by atoms with Crippen LogP contribution >= 0.6 is 11.6 Å². The van der Waals surface area contributed by atoms with Crippen LogP contribution in [-0.4, -0.2) is 32.2 Å². The fourth-order valence-electron chi connectivity index (χ4n) is 3.48. The van der Waals surface area contributed by atoms with Crippen LogP contribution < -0.4 is 23.7 Å². The molecule has 164 valence electrons. The molecule has 0 saturated carbocycles. The Morgan fingerprint density at radius 3 is 2.31 bits per heavy atom. The fraction of sp³-hybridized carbons (Fsp3) is 0.167. The van der Waals surface area contributed by atoms with Crippen molar-refractivity contribution < 1.29 is 33.3 Å². The van der Waals surface area contributed by atoms with Gasteiger partial charge in [-0.05, 0) is 54.4 Å². The fourth-order valence-corrected chi connectivity index (χ4v) is 3.64. The Labute approximate surface area is 189 Å². The van der Waals surface area contributed by atoms with E-state index in [-0.39, 0.29) is 17.9 Å². The second kappa shape index (κ2) is 8.80. The van der Waals surface area contributed by atoms with E-state index in [0.29, 0.717) is 39.9 Å². The lowest BCUT2D eigenvalue weighted by Crippen LogP contribution is -2.12. The van der Waals surface area contributed by atoms with E-state index in [2.05, 4.69) is 0 Å². The van der Waals surface area contributed by atoms with Crippen LogP contribution in [0.4, 0.5) is 0 Å². The Balaban J connectivity index is 1.95. The highest BCUT2D eigenvalue weighted by atomic mass is 35.5. The molecule has 0 bridgehead atoms. The van der Waals surface area contributed by atoms with Crippen molar-refractivity contribution in [2.75, 3.05) is 21.0 Å². The van der Waals surface area contributed by atoms with Crippen molar-refractivity contribution in [3.63, 3.8) is 0 Å². The number of rotatable bonds is 6. The van der Waals surface area contributed by atoms with E-state index in [1.165, 1.54) is 26.4 Å². The lowest BCUT2D eigenvalue weighted by atomic mass is 9.93. The lowest BCUT2D eigenvalue weighted by molar-refractivity contribution is 0.0733.